The molecule has 0 spiro atoms. The minimum Gasteiger partial charge on any atom is -0.246 e. The van der Waals surface area contributed by atoms with Gasteiger partial charge in [-0.2, -0.15) is 51.0 Å². The van der Waals surface area contributed by atoms with E-state index in [-0.39, 0.29) is 0 Å². The van der Waals surface area contributed by atoms with Gasteiger partial charge in [-0.1, -0.05) is 30.3 Å². The standard InChI is InChI=1S/4C21H25N5.C19H21N5/c4*1-14-10-11-15(2)25(14)23-18(5)20-8-7-9-21(22-20)19(6)24-26-16(3)12-13-17(26)4;1-14-8-9-15(2)23(14)20-12-18-6-5-7-19(22-18)13-21-24-16(3)10-11-17(24)4/h4*7-13H,1-6H3;5-13H,1-4H3/b4*23-18+,24-19+;20-12+,21-13+. The van der Waals surface area contributed by atoms with E-state index in [4.69, 9.17) is 60.7 Å². The van der Waals surface area contributed by atoms with E-state index < -0.39 is 0 Å². The summed E-state index contributed by atoms with van der Waals surface area (Å²) in [4.78, 5) is 23.6. The van der Waals surface area contributed by atoms with Crippen LogP contribution in [0.3, 0.4) is 0 Å². The van der Waals surface area contributed by atoms with Crippen LogP contribution in [-0.4, -0.2) is 130 Å². The number of hydrogen-bond acceptors (Lipinski definition) is 15. The molecule has 0 N–H and O–H groups in total. The molecule has 0 atom stereocenters. The Morgan fingerprint density at radius 1 is 0.164 bits per heavy atom. The summed E-state index contributed by atoms with van der Waals surface area (Å²) in [6.07, 6.45) is 3.53. The molecule has 0 aliphatic heterocycles. The molecular formula is C103H121N25. The molecule has 0 aliphatic rings. The summed E-state index contributed by atoms with van der Waals surface area (Å²) in [7, 11) is 0. The minimum atomic E-state index is 0.799. The van der Waals surface area contributed by atoms with Gasteiger partial charge in [0.15, 0.2) is 0 Å². The molecule has 15 rings (SSSR count). The van der Waals surface area contributed by atoms with Crippen molar-refractivity contribution in [3.05, 3.63) is 383 Å². The van der Waals surface area contributed by atoms with E-state index in [1.165, 1.54) is 0 Å². The summed E-state index contributed by atoms with van der Waals surface area (Å²) in [5, 5.41) is 46.7. The molecule has 0 aromatic carbocycles. The van der Waals surface area contributed by atoms with E-state index in [0.717, 1.165) is 217 Å². The second-order valence-electron chi connectivity index (χ2n) is 32.4. The fraction of sp³-hybridized carbons (Fsp3) is 0.272. The third-order valence-electron chi connectivity index (χ3n) is 21.7. The van der Waals surface area contributed by atoms with Crippen molar-refractivity contribution >= 4 is 58.1 Å². The third kappa shape index (κ3) is 23.6. The number of aromatic nitrogens is 15. The maximum atomic E-state index is 4.76. The molecule has 25 heteroatoms. The monoisotopic (exact) mass is 1710 g/mol. The lowest BCUT2D eigenvalue weighted by Crippen LogP contribution is -2.09. The molecule has 0 amide bonds. The Morgan fingerprint density at radius 3 is 0.414 bits per heavy atom. The van der Waals surface area contributed by atoms with Crippen LogP contribution < -0.4 is 0 Å². The Morgan fingerprint density at radius 2 is 0.281 bits per heavy atom. The molecule has 0 saturated heterocycles. The van der Waals surface area contributed by atoms with Crippen LogP contribution in [-0.2, 0) is 0 Å². The van der Waals surface area contributed by atoms with Crippen LogP contribution in [0.25, 0.3) is 0 Å². The summed E-state index contributed by atoms with van der Waals surface area (Å²) in [5.41, 5.74) is 37.5. The highest BCUT2D eigenvalue weighted by atomic mass is 15.4. The van der Waals surface area contributed by atoms with Crippen LogP contribution in [0, 0.1) is 138 Å². The Labute approximate surface area is 753 Å². The van der Waals surface area contributed by atoms with Gasteiger partial charge in [0.2, 0.25) is 0 Å². The Balaban J connectivity index is 0.000000155. The molecule has 128 heavy (non-hydrogen) atoms. The predicted molar refractivity (Wildman–Crippen MR) is 527 cm³/mol. The molecular weight excluding hydrogens is 1590 g/mol. The van der Waals surface area contributed by atoms with E-state index in [9.17, 15) is 0 Å². The lowest BCUT2D eigenvalue weighted by Gasteiger charge is -2.08. The molecule has 15 heterocycles. The van der Waals surface area contributed by atoms with Gasteiger partial charge >= 0.3 is 0 Å². The largest absolute Gasteiger partial charge is 0.246 e. The second-order valence-corrected chi connectivity index (χ2v) is 32.4. The molecule has 658 valence electrons. The van der Waals surface area contributed by atoms with Crippen molar-refractivity contribution in [1.29, 1.82) is 0 Å². The summed E-state index contributed by atoms with van der Waals surface area (Å²) in [6, 6.07) is 70.9. The SMILES string of the molecule is C/C(=N\n1c(C)ccc1C)c1cccc(/C(C)=N/n2c(C)ccc2C)n1.C/C(=N\n1c(C)ccc1C)c1cccc(/C(C)=N/n2c(C)ccc2C)n1.C/C(=N\n1c(C)ccc1C)c1cccc(/C(C)=N/n2c(C)ccc2C)n1.C/C(=N\n1c(C)ccc1C)c1cccc(/C(C)=N/n2c(C)ccc2C)n1.Cc1ccc(C)n1/N=C/c1cccc(/C=N/n2c(C)ccc2C)n1. The molecule has 15 aromatic heterocycles. The first-order chi connectivity index (χ1) is 61.0. The maximum Gasteiger partial charge on any atom is 0.0867 e. The fourth-order valence-corrected chi connectivity index (χ4v) is 14.0. The van der Waals surface area contributed by atoms with Gasteiger partial charge in [-0.05, 0) is 376 Å². The summed E-state index contributed by atoms with van der Waals surface area (Å²) in [6.45, 7) is 56.8. The second kappa shape index (κ2) is 42.3. The molecule has 15 aromatic rings. The average Bonchev–Trinajstić information content (AvgIpc) is 1.31. The van der Waals surface area contributed by atoms with Crippen LogP contribution >= 0.6 is 0 Å². The highest BCUT2D eigenvalue weighted by Crippen LogP contribution is 2.20. The van der Waals surface area contributed by atoms with Crippen molar-refractivity contribution in [2.75, 3.05) is 0 Å². The topological polar surface area (TPSA) is 237 Å². The summed E-state index contributed by atoms with van der Waals surface area (Å²) in [5.74, 6) is 0. The van der Waals surface area contributed by atoms with E-state index >= 15 is 0 Å². The van der Waals surface area contributed by atoms with Gasteiger partial charge in [0.25, 0.3) is 0 Å². The quantitative estimate of drug-likeness (QED) is 0.0675. The molecule has 0 bridgehead atoms. The first-order valence-corrected chi connectivity index (χ1v) is 42.9. The molecule has 0 saturated carbocycles. The van der Waals surface area contributed by atoms with Crippen LogP contribution in [0.2, 0.25) is 0 Å². The van der Waals surface area contributed by atoms with Crippen molar-refractivity contribution in [3.8, 4) is 0 Å². The van der Waals surface area contributed by atoms with Gasteiger partial charge in [0.1, 0.15) is 0 Å². The normalized spacial score (nSPS) is 12.5. The number of pyridine rings is 5. The highest BCUT2D eigenvalue weighted by Gasteiger charge is 2.15. The van der Waals surface area contributed by atoms with Crippen molar-refractivity contribution < 1.29 is 0 Å². The fourth-order valence-electron chi connectivity index (χ4n) is 14.0. The van der Waals surface area contributed by atoms with Crippen molar-refractivity contribution in [1.82, 2.24) is 71.7 Å². The Kier molecular flexibility index (Phi) is 31.0. The Hall–Kier alpha value is -14.8. The molecule has 0 unspecified atom stereocenters. The van der Waals surface area contributed by atoms with Crippen molar-refractivity contribution in [2.24, 2.45) is 51.0 Å². The van der Waals surface area contributed by atoms with Gasteiger partial charge in [-0.25, -0.2) is 71.7 Å². The number of rotatable bonds is 20. The predicted octanol–water partition coefficient (Wildman–Crippen LogP) is 21.5. The highest BCUT2D eigenvalue weighted by molar-refractivity contribution is 6.03. The minimum absolute atomic E-state index is 0.799. The van der Waals surface area contributed by atoms with Crippen LogP contribution in [0.15, 0.2) is 263 Å². The summed E-state index contributed by atoms with van der Waals surface area (Å²) < 4.78 is 19.3. The average molecular weight is 1710 g/mol. The van der Waals surface area contributed by atoms with Crippen LogP contribution in [0.1, 0.15) is 226 Å². The van der Waals surface area contributed by atoms with Gasteiger partial charge in [-0.15, -0.1) is 0 Å². The smallest absolute Gasteiger partial charge is 0.0867 e. The lowest BCUT2D eigenvalue weighted by molar-refractivity contribution is 0.809. The van der Waals surface area contributed by atoms with E-state index in [1.54, 1.807) is 12.4 Å². The van der Waals surface area contributed by atoms with Crippen LogP contribution in [0.5, 0.6) is 0 Å². The lowest BCUT2D eigenvalue weighted by atomic mass is 10.2. The van der Waals surface area contributed by atoms with E-state index in [1.807, 2.05) is 356 Å². The van der Waals surface area contributed by atoms with Crippen molar-refractivity contribution in [3.63, 3.8) is 0 Å². The van der Waals surface area contributed by atoms with Crippen molar-refractivity contribution in [2.45, 2.75) is 194 Å². The number of hydrogen-bond donors (Lipinski definition) is 0. The van der Waals surface area contributed by atoms with E-state index in [2.05, 4.69) is 112 Å². The number of nitrogens with zero attached hydrogens (tertiary/aromatic N) is 25. The summed E-state index contributed by atoms with van der Waals surface area (Å²) >= 11 is 0. The first-order valence-electron chi connectivity index (χ1n) is 42.9. The number of aryl methyl sites for hydroxylation is 20. The van der Waals surface area contributed by atoms with E-state index in [0.29, 0.717) is 0 Å². The van der Waals surface area contributed by atoms with Gasteiger partial charge in [-0.3, -0.25) is 0 Å². The maximum absolute atomic E-state index is 4.76. The Bertz CT molecular complexity index is 5560. The zero-order chi connectivity index (χ0) is 92.5. The van der Waals surface area contributed by atoms with Crippen LogP contribution in [0.4, 0.5) is 0 Å². The molecule has 0 radical (unpaired) electrons. The molecule has 0 aliphatic carbocycles. The van der Waals surface area contributed by atoms with Gasteiger partial charge in [0.05, 0.1) is 115 Å². The zero-order valence-electron chi connectivity index (χ0n) is 79.5. The zero-order valence-corrected chi connectivity index (χ0v) is 79.5. The van der Waals surface area contributed by atoms with Gasteiger partial charge in [0, 0.05) is 114 Å². The first kappa shape index (κ1) is 93.9. The third-order valence-corrected chi connectivity index (χ3v) is 21.7. The molecule has 25 nitrogen and oxygen atoms in total. The van der Waals surface area contributed by atoms with Gasteiger partial charge < -0.3 is 0 Å². The molecule has 0 fully saturated rings.